The molecule has 0 aromatic rings. The normalized spacial score (nSPS) is 28.6. The summed E-state index contributed by atoms with van der Waals surface area (Å²) in [4.78, 5) is 14.8. The standard InChI is InChI=1S/C15H24N2O/c18-15(14-7-4-10-16-14)17(11-12-8-9-12)13-5-2-1-3-6-13/h4,7,12-14,16H,1-3,5-6,8-11H2. The second kappa shape index (κ2) is 5.43. The third-order valence-corrected chi connectivity index (χ3v) is 4.50. The van der Waals surface area contributed by atoms with E-state index >= 15 is 0 Å². The molecule has 18 heavy (non-hydrogen) atoms. The molecule has 1 N–H and O–H groups in total. The largest absolute Gasteiger partial charge is 0.338 e. The molecular weight excluding hydrogens is 224 g/mol. The first kappa shape index (κ1) is 12.2. The molecule has 0 spiro atoms. The van der Waals surface area contributed by atoms with E-state index in [0.717, 1.165) is 19.0 Å². The molecule has 0 radical (unpaired) electrons. The highest BCUT2D eigenvalue weighted by atomic mass is 16.2. The third kappa shape index (κ3) is 2.77. The van der Waals surface area contributed by atoms with E-state index in [1.54, 1.807) is 0 Å². The summed E-state index contributed by atoms with van der Waals surface area (Å²) in [5.74, 6) is 1.11. The molecule has 3 heteroatoms. The minimum Gasteiger partial charge on any atom is -0.338 e. The summed E-state index contributed by atoms with van der Waals surface area (Å²) >= 11 is 0. The molecule has 1 aliphatic heterocycles. The van der Waals surface area contributed by atoms with Crippen LogP contribution in [0, 0.1) is 5.92 Å². The molecular formula is C15H24N2O. The van der Waals surface area contributed by atoms with Crippen molar-refractivity contribution < 1.29 is 4.79 Å². The van der Waals surface area contributed by atoms with Gasteiger partial charge in [0.05, 0.1) is 0 Å². The van der Waals surface area contributed by atoms with Gasteiger partial charge in [0, 0.05) is 19.1 Å². The summed E-state index contributed by atoms with van der Waals surface area (Å²) in [6, 6.07) is 0.466. The lowest BCUT2D eigenvalue weighted by atomic mass is 9.93. The topological polar surface area (TPSA) is 32.3 Å². The van der Waals surface area contributed by atoms with Crippen molar-refractivity contribution in [1.29, 1.82) is 0 Å². The maximum absolute atomic E-state index is 12.6. The molecule has 3 nitrogen and oxygen atoms in total. The predicted molar refractivity (Wildman–Crippen MR) is 72.2 cm³/mol. The van der Waals surface area contributed by atoms with Crippen LogP contribution in [-0.2, 0) is 4.79 Å². The maximum atomic E-state index is 12.6. The van der Waals surface area contributed by atoms with Crippen molar-refractivity contribution in [2.45, 2.75) is 57.0 Å². The van der Waals surface area contributed by atoms with Gasteiger partial charge in [-0.05, 0) is 31.6 Å². The average molecular weight is 248 g/mol. The Morgan fingerprint density at radius 2 is 1.94 bits per heavy atom. The van der Waals surface area contributed by atoms with Gasteiger partial charge in [-0.1, -0.05) is 31.4 Å². The summed E-state index contributed by atoms with van der Waals surface area (Å²) in [5.41, 5.74) is 0. The van der Waals surface area contributed by atoms with Crippen LogP contribution in [0.5, 0.6) is 0 Å². The minimum atomic E-state index is -0.0503. The van der Waals surface area contributed by atoms with Crippen molar-refractivity contribution in [3.63, 3.8) is 0 Å². The SMILES string of the molecule is O=C(C1C=CCN1)N(CC1CC1)C1CCCCC1. The fourth-order valence-electron chi connectivity index (χ4n) is 3.21. The second-order valence-electron chi connectivity index (χ2n) is 6.04. The monoisotopic (exact) mass is 248 g/mol. The van der Waals surface area contributed by atoms with E-state index in [1.165, 1.54) is 44.9 Å². The van der Waals surface area contributed by atoms with Crippen molar-refractivity contribution >= 4 is 5.91 Å². The molecule has 2 saturated carbocycles. The molecule has 3 aliphatic rings. The molecule has 1 amide bonds. The molecule has 2 aliphatic carbocycles. The van der Waals surface area contributed by atoms with E-state index in [-0.39, 0.29) is 6.04 Å². The summed E-state index contributed by atoms with van der Waals surface area (Å²) in [6.07, 6.45) is 13.1. The number of carbonyl (C=O) groups excluding carboxylic acids is 1. The van der Waals surface area contributed by atoms with Crippen molar-refractivity contribution in [1.82, 2.24) is 10.2 Å². The van der Waals surface area contributed by atoms with Crippen molar-refractivity contribution in [3.8, 4) is 0 Å². The Morgan fingerprint density at radius 3 is 2.56 bits per heavy atom. The van der Waals surface area contributed by atoms with Crippen LogP contribution in [0.25, 0.3) is 0 Å². The van der Waals surface area contributed by atoms with Crippen LogP contribution in [0.2, 0.25) is 0 Å². The lowest BCUT2D eigenvalue weighted by Gasteiger charge is -2.36. The molecule has 0 aromatic carbocycles. The zero-order valence-corrected chi connectivity index (χ0v) is 11.1. The van der Waals surface area contributed by atoms with Gasteiger partial charge in [0.1, 0.15) is 6.04 Å². The van der Waals surface area contributed by atoms with Crippen molar-refractivity contribution in [3.05, 3.63) is 12.2 Å². The Labute approximate surface area is 110 Å². The summed E-state index contributed by atoms with van der Waals surface area (Å²) in [7, 11) is 0. The van der Waals surface area contributed by atoms with Gasteiger partial charge in [-0.25, -0.2) is 0 Å². The molecule has 1 unspecified atom stereocenters. The average Bonchev–Trinajstić information content (AvgIpc) is 3.07. The second-order valence-corrected chi connectivity index (χ2v) is 6.04. The summed E-state index contributed by atoms with van der Waals surface area (Å²) in [5, 5.41) is 3.27. The predicted octanol–water partition coefficient (Wildman–Crippen LogP) is 2.09. The zero-order valence-electron chi connectivity index (χ0n) is 11.1. The molecule has 100 valence electrons. The first-order valence-electron chi connectivity index (χ1n) is 7.55. The van der Waals surface area contributed by atoms with E-state index in [0.29, 0.717) is 11.9 Å². The number of nitrogens with zero attached hydrogens (tertiary/aromatic N) is 1. The van der Waals surface area contributed by atoms with Gasteiger partial charge in [-0.15, -0.1) is 0 Å². The Kier molecular flexibility index (Phi) is 3.69. The number of hydrogen-bond acceptors (Lipinski definition) is 2. The molecule has 1 heterocycles. The molecule has 2 fully saturated rings. The zero-order chi connectivity index (χ0) is 12.4. The molecule has 3 rings (SSSR count). The van der Waals surface area contributed by atoms with Gasteiger partial charge in [-0.3, -0.25) is 10.1 Å². The summed E-state index contributed by atoms with van der Waals surface area (Å²) < 4.78 is 0. The van der Waals surface area contributed by atoms with E-state index in [4.69, 9.17) is 0 Å². The highest BCUT2D eigenvalue weighted by Gasteiger charge is 2.34. The van der Waals surface area contributed by atoms with Crippen LogP contribution in [0.3, 0.4) is 0 Å². The van der Waals surface area contributed by atoms with Crippen LogP contribution >= 0.6 is 0 Å². The van der Waals surface area contributed by atoms with Gasteiger partial charge in [-0.2, -0.15) is 0 Å². The number of nitrogens with one attached hydrogen (secondary N) is 1. The van der Waals surface area contributed by atoms with Gasteiger partial charge in [0.25, 0.3) is 0 Å². The molecule has 0 bridgehead atoms. The van der Waals surface area contributed by atoms with Crippen molar-refractivity contribution in [2.75, 3.05) is 13.1 Å². The highest BCUT2D eigenvalue weighted by Crippen LogP contribution is 2.33. The molecule has 0 aromatic heterocycles. The Hall–Kier alpha value is -0.830. The fraction of sp³-hybridized carbons (Fsp3) is 0.800. The van der Waals surface area contributed by atoms with Crippen LogP contribution in [0.15, 0.2) is 12.2 Å². The molecule has 1 atom stereocenters. The van der Waals surface area contributed by atoms with Crippen LogP contribution < -0.4 is 5.32 Å². The lowest BCUT2D eigenvalue weighted by molar-refractivity contribution is -0.135. The first-order chi connectivity index (χ1) is 8.84. The van der Waals surface area contributed by atoms with Crippen molar-refractivity contribution in [2.24, 2.45) is 5.92 Å². The highest BCUT2D eigenvalue weighted by molar-refractivity contribution is 5.84. The maximum Gasteiger partial charge on any atom is 0.243 e. The lowest BCUT2D eigenvalue weighted by Crippen LogP contribution is -2.49. The number of amides is 1. The van der Waals surface area contributed by atoms with Crippen LogP contribution in [0.4, 0.5) is 0 Å². The van der Waals surface area contributed by atoms with Gasteiger partial charge in [0.2, 0.25) is 5.91 Å². The Balaban J connectivity index is 1.66. The van der Waals surface area contributed by atoms with E-state index in [9.17, 15) is 4.79 Å². The Bertz CT molecular complexity index is 329. The van der Waals surface area contributed by atoms with Gasteiger partial charge >= 0.3 is 0 Å². The van der Waals surface area contributed by atoms with E-state index < -0.39 is 0 Å². The molecule has 0 saturated heterocycles. The summed E-state index contributed by atoms with van der Waals surface area (Å²) in [6.45, 7) is 1.86. The quantitative estimate of drug-likeness (QED) is 0.773. The number of hydrogen-bond donors (Lipinski definition) is 1. The third-order valence-electron chi connectivity index (χ3n) is 4.50. The van der Waals surface area contributed by atoms with Crippen LogP contribution in [0.1, 0.15) is 44.9 Å². The number of rotatable bonds is 4. The van der Waals surface area contributed by atoms with E-state index in [2.05, 4.69) is 16.3 Å². The minimum absolute atomic E-state index is 0.0503. The van der Waals surface area contributed by atoms with Crippen LogP contribution in [-0.4, -0.2) is 36.0 Å². The number of carbonyl (C=O) groups is 1. The smallest absolute Gasteiger partial charge is 0.243 e. The fourth-order valence-corrected chi connectivity index (χ4v) is 3.21. The van der Waals surface area contributed by atoms with E-state index in [1.807, 2.05) is 6.08 Å². The van der Waals surface area contributed by atoms with Gasteiger partial charge < -0.3 is 4.90 Å². The first-order valence-corrected chi connectivity index (χ1v) is 7.55. The van der Waals surface area contributed by atoms with Gasteiger partial charge in [0.15, 0.2) is 0 Å². The Morgan fingerprint density at radius 1 is 1.17 bits per heavy atom.